The van der Waals surface area contributed by atoms with E-state index in [0.29, 0.717) is 17.1 Å². The van der Waals surface area contributed by atoms with Crippen molar-refractivity contribution < 1.29 is 32.0 Å². The van der Waals surface area contributed by atoms with Gasteiger partial charge < -0.3 is 25.7 Å². The van der Waals surface area contributed by atoms with Gasteiger partial charge in [0.2, 0.25) is 5.91 Å². The molecule has 194 valence electrons. The lowest BCUT2D eigenvalue weighted by Gasteiger charge is -2.12. The van der Waals surface area contributed by atoms with E-state index in [4.69, 9.17) is 4.42 Å². The van der Waals surface area contributed by atoms with Crippen molar-refractivity contribution in [3.63, 3.8) is 0 Å². The van der Waals surface area contributed by atoms with Crippen LogP contribution in [-0.4, -0.2) is 24.3 Å². The predicted molar refractivity (Wildman–Crippen MR) is 136 cm³/mol. The highest BCUT2D eigenvalue weighted by molar-refractivity contribution is 6.05. The van der Waals surface area contributed by atoms with Crippen molar-refractivity contribution in [1.29, 1.82) is 0 Å². The molecular weight excluding hydrogens is 501 g/mol. The molecule has 0 saturated carbocycles. The summed E-state index contributed by atoms with van der Waals surface area (Å²) in [6, 6.07) is 20.2. The maximum atomic E-state index is 12.9. The summed E-state index contributed by atoms with van der Waals surface area (Å²) in [5.41, 5.74) is 0.677. The molecule has 1 heterocycles. The molecule has 3 aromatic carbocycles. The topological polar surface area (TPSA) is 112 Å². The average Bonchev–Trinajstić information content (AvgIpc) is 3.43. The van der Waals surface area contributed by atoms with Crippen molar-refractivity contribution in [2.75, 3.05) is 27.8 Å². The molecule has 4 rings (SSSR count). The fraction of sp³-hybridized carbons (Fsp3) is 0.0741. The van der Waals surface area contributed by atoms with E-state index in [0.717, 1.165) is 12.1 Å². The minimum Gasteiger partial charge on any atom is -0.459 e. The lowest BCUT2D eigenvalue weighted by Crippen LogP contribution is -2.22. The molecule has 3 amide bonds. The summed E-state index contributed by atoms with van der Waals surface area (Å²) >= 11 is 0. The van der Waals surface area contributed by atoms with E-state index in [2.05, 4.69) is 21.3 Å². The maximum Gasteiger partial charge on any atom is 0.416 e. The summed E-state index contributed by atoms with van der Waals surface area (Å²) in [4.78, 5) is 37.1. The second-order valence-electron chi connectivity index (χ2n) is 8.03. The summed E-state index contributed by atoms with van der Waals surface area (Å²) in [5.74, 6) is -1.28. The van der Waals surface area contributed by atoms with Crippen molar-refractivity contribution in [2.24, 2.45) is 0 Å². The predicted octanol–water partition coefficient (Wildman–Crippen LogP) is 5.85. The Labute approximate surface area is 214 Å². The molecule has 1 aromatic heterocycles. The summed E-state index contributed by atoms with van der Waals surface area (Å²) in [5, 5.41) is 10.7. The van der Waals surface area contributed by atoms with Crippen molar-refractivity contribution in [1.82, 2.24) is 0 Å². The Morgan fingerprint density at radius 1 is 0.684 bits per heavy atom. The van der Waals surface area contributed by atoms with Gasteiger partial charge in [-0.15, -0.1) is 0 Å². The smallest absolute Gasteiger partial charge is 0.416 e. The fourth-order valence-electron chi connectivity index (χ4n) is 3.41. The molecule has 0 radical (unpaired) electrons. The van der Waals surface area contributed by atoms with Gasteiger partial charge >= 0.3 is 6.18 Å². The molecule has 0 fully saturated rings. The lowest BCUT2D eigenvalue weighted by atomic mass is 10.1. The number of carbonyl (C=O) groups is 3. The van der Waals surface area contributed by atoms with Crippen LogP contribution in [-0.2, 0) is 11.0 Å². The van der Waals surface area contributed by atoms with Crippen LogP contribution in [0.15, 0.2) is 95.6 Å². The van der Waals surface area contributed by atoms with Crippen LogP contribution < -0.4 is 21.3 Å². The first-order valence-corrected chi connectivity index (χ1v) is 11.2. The van der Waals surface area contributed by atoms with Gasteiger partial charge in [0.05, 0.1) is 18.4 Å². The summed E-state index contributed by atoms with van der Waals surface area (Å²) in [6.07, 6.45) is -3.14. The fourth-order valence-corrected chi connectivity index (χ4v) is 3.41. The molecule has 0 unspecified atom stereocenters. The van der Waals surface area contributed by atoms with Crippen LogP contribution in [0.5, 0.6) is 0 Å². The third-order valence-corrected chi connectivity index (χ3v) is 5.17. The number of nitrogens with one attached hydrogen (secondary N) is 4. The van der Waals surface area contributed by atoms with Crippen LogP contribution in [0.4, 0.5) is 35.9 Å². The Hall–Kier alpha value is -5.06. The molecular formula is C27H21F3N4O4. The third-order valence-electron chi connectivity index (χ3n) is 5.17. The summed E-state index contributed by atoms with van der Waals surface area (Å²) < 4.78 is 43.8. The van der Waals surface area contributed by atoms with Crippen LogP contribution in [0, 0.1) is 0 Å². The SMILES string of the molecule is O=C(CNc1cccc(C(=O)Nc2cccc(C(F)(F)F)c2)c1)Nc1cccc(NC(=O)c2ccco2)c1. The minimum absolute atomic E-state index is 0.00476. The largest absolute Gasteiger partial charge is 0.459 e. The van der Waals surface area contributed by atoms with Crippen LogP contribution >= 0.6 is 0 Å². The molecule has 0 aliphatic heterocycles. The highest BCUT2D eigenvalue weighted by Crippen LogP contribution is 2.30. The molecule has 0 aliphatic rings. The minimum atomic E-state index is -4.53. The summed E-state index contributed by atoms with van der Waals surface area (Å²) in [7, 11) is 0. The third kappa shape index (κ3) is 7.00. The monoisotopic (exact) mass is 522 g/mol. The Kier molecular flexibility index (Phi) is 7.76. The number of rotatable bonds is 8. The van der Waals surface area contributed by atoms with E-state index >= 15 is 0 Å². The van der Waals surface area contributed by atoms with Gasteiger partial charge in [0.15, 0.2) is 5.76 Å². The summed E-state index contributed by atoms with van der Waals surface area (Å²) in [6.45, 7) is -0.137. The quantitative estimate of drug-likeness (QED) is 0.232. The van der Waals surface area contributed by atoms with Crippen molar-refractivity contribution >= 4 is 40.5 Å². The first-order valence-electron chi connectivity index (χ1n) is 11.2. The Balaban J connectivity index is 1.32. The molecule has 4 aromatic rings. The van der Waals surface area contributed by atoms with Crippen LogP contribution in [0.25, 0.3) is 0 Å². The van der Waals surface area contributed by atoms with Gasteiger partial charge in [-0.2, -0.15) is 13.2 Å². The Morgan fingerprint density at radius 2 is 1.32 bits per heavy atom. The number of carbonyl (C=O) groups excluding carboxylic acids is 3. The van der Waals surface area contributed by atoms with Gasteiger partial charge in [0.25, 0.3) is 11.8 Å². The number of benzene rings is 3. The molecule has 0 bridgehead atoms. The molecule has 4 N–H and O–H groups in total. The number of alkyl halides is 3. The van der Waals surface area contributed by atoms with Gasteiger partial charge in [-0.25, -0.2) is 0 Å². The second-order valence-corrected chi connectivity index (χ2v) is 8.03. The van der Waals surface area contributed by atoms with Gasteiger partial charge in [-0.05, 0) is 66.7 Å². The molecule has 38 heavy (non-hydrogen) atoms. The van der Waals surface area contributed by atoms with E-state index < -0.39 is 29.5 Å². The van der Waals surface area contributed by atoms with Crippen LogP contribution in [0.2, 0.25) is 0 Å². The standard InChI is InChI=1S/C27H21F3N4O4/c28-27(29,30)18-6-2-8-20(14-18)33-25(36)17-5-1-7-19(13-17)31-16-24(35)32-21-9-3-10-22(15-21)34-26(37)23-11-4-12-38-23/h1-15,31H,16H2,(H,32,35)(H,33,36)(H,34,37). The van der Waals surface area contributed by atoms with E-state index in [9.17, 15) is 27.6 Å². The molecule has 8 nitrogen and oxygen atoms in total. The molecule has 0 saturated heterocycles. The number of hydrogen-bond donors (Lipinski definition) is 4. The molecule has 11 heteroatoms. The van der Waals surface area contributed by atoms with Gasteiger partial charge in [-0.3, -0.25) is 14.4 Å². The Bertz CT molecular complexity index is 1450. The average molecular weight is 522 g/mol. The second kappa shape index (κ2) is 11.3. The number of halogens is 3. The van der Waals surface area contributed by atoms with Crippen molar-refractivity contribution in [2.45, 2.75) is 6.18 Å². The molecule has 0 atom stereocenters. The van der Waals surface area contributed by atoms with Gasteiger partial charge in [0, 0.05) is 28.3 Å². The first kappa shape index (κ1) is 26.0. The van der Waals surface area contributed by atoms with Crippen LogP contribution in [0.1, 0.15) is 26.5 Å². The normalized spacial score (nSPS) is 10.9. The van der Waals surface area contributed by atoms with E-state index in [1.165, 1.54) is 36.6 Å². The molecule has 0 spiro atoms. The first-order chi connectivity index (χ1) is 18.2. The molecule has 0 aliphatic carbocycles. The van der Waals surface area contributed by atoms with Crippen molar-refractivity contribution in [3.05, 3.63) is 108 Å². The maximum absolute atomic E-state index is 12.9. The van der Waals surface area contributed by atoms with E-state index in [-0.39, 0.29) is 23.6 Å². The van der Waals surface area contributed by atoms with E-state index in [1.54, 1.807) is 42.5 Å². The van der Waals surface area contributed by atoms with E-state index in [1.807, 2.05) is 0 Å². The van der Waals surface area contributed by atoms with Crippen molar-refractivity contribution in [3.8, 4) is 0 Å². The zero-order valence-electron chi connectivity index (χ0n) is 19.6. The Morgan fingerprint density at radius 3 is 2.03 bits per heavy atom. The number of amides is 3. The lowest BCUT2D eigenvalue weighted by molar-refractivity contribution is -0.137. The van der Waals surface area contributed by atoms with Gasteiger partial charge in [-0.1, -0.05) is 18.2 Å². The highest BCUT2D eigenvalue weighted by Gasteiger charge is 2.30. The number of furan rings is 1. The van der Waals surface area contributed by atoms with Gasteiger partial charge in [0.1, 0.15) is 0 Å². The highest BCUT2D eigenvalue weighted by atomic mass is 19.4. The zero-order valence-corrected chi connectivity index (χ0v) is 19.6. The number of anilines is 4. The number of hydrogen-bond acceptors (Lipinski definition) is 5. The van der Waals surface area contributed by atoms with Crippen LogP contribution in [0.3, 0.4) is 0 Å². The zero-order chi connectivity index (χ0) is 27.1.